The average Bonchev–Trinajstić information content (AvgIpc) is 3.35. The summed E-state index contributed by atoms with van der Waals surface area (Å²) in [6.07, 6.45) is 1.75. The summed E-state index contributed by atoms with van der Waals surface area (Å²) in [6.45, 7) is 4.00. The number of phenols is 1. The van der Waals surface area contributed by atoms with E-state index >= 15 is 0 Å². The van der Waals surface area contributed by atoms with Crippen molar-refractivity contribution in [3.8, 4) is 11.4 Å². The summed E-state index contributed by atoms with van der Waals surface area (Å²) in [5.74, 6) is -0.841. The fraction of sp³-hybridized carbons (Fsp3) is 0.148. The van der Waals surface area contributed by atoms with Gasteiger partial charge >= 0.3 is 5.97 Å². The van der Waals surface area contributed by atoms with Crippen molar-refractivity contribution in [2.45, 2.75) is 25.9 Å². The molecule has 2 unspecified atom stereocenters. The summed E-state index contributed by atoms with van der Waals surface area (Å²) in [5.41, 5.74) is 5.32. The lowest BCUT2D eigenvalue weighted by Crippen LogP contribution is -2.29. The van der Waals surface area contributed by atoms with Crippen LogP contribution < -0.4 is 10.2 Å². The molecule has 0 spiro atoms. The van der Waals surface area contributed by atoms with Gasteiger partial charge in [0.1, 0.15) is 5.75 Å². The minimum atomic E-state index is -0.971. The number of hydrogen-bond acceptors (Lipinski definition) is 4. The lowest BCUT2D eigenvalue weighted by Gasteiger charge is -2.28. The highest BCUT2D eigenvalue weighted by molar-refractivity contribution is 7.80. The highest BCUT2D eigenvalue weighted by atomic mass is 32.1. The predicted octanol–water partition coefficient (Wildman–Crippen LogP) is 5.07. The van der Waals surface area contributed by atoms with Crippen LogP contribution in [0.1, 0.15) is 45.1 Å². The molecule has 35 heavy (non-hydrogen) atoms. The molecule has 2 aromatic carbocycles. The molecular weight excluding hydrogens is 460 g/mol. The van der Waals surface area contributed by atoms with Gasteiger partial charge in [-0.2, -0.15) is 0 Å². The zero-order valence-corrected chi connectivity index (χ0v) is 20.0. The number of carbonyl (C=O) groups is 1. The van der Waals surface area contributed by atoms with E-state index < -0.39 is 5.97 Å². The van der Waals surface area contributed by atoms with Crippen molar-refractivity contribution >= 4 is 29.0 Å². The molecule has 4 aromatic rings. The molecule has 1 aliphatic rings. The van der Waals surface area contributed by atoms with Crippen molar-refractivity contribution in [3.63, 3.8) is 0 Å². The average molecular weight is 485 g/mol. The number of carboxylic acids is 1. The van der Waals surface area contributed by atoms with Crippen LogP contribution in [0.3, 0.4) is 0 Å². The summed E-state index contributed by atoms with van der Waals surface area (Å²) in [4.78, 5) is 18.1. The van der Waals surface area contributed by atoms with E-state index in [1.54, 1.807) is 36.5 Å². The standard InChI is InChI=1S/C27H24N4O3S/c1-16-14-20(17(2)30(16)19-9-7-8-18(15-19)26(33)34)25-24(21-10-5-6-13-28-21)29-27(35)31(25)22-11-3-4-12-23(22)32/h3-15,24-25,32H,1-2H3,(H,29,35)(H,33,34). The quantitative estimate of drug-likeness (QED) is 0.341. The third kappa shape index (κ3) is 3.91. The molecule has 2 atom stereocenters. The van der Waals surface area contributed by atoms with Crippen LogP contribution in [0.2, 0.25) is 0 Å². The van der Waals surface area contributed by atoms with E-state index in [-0.39, 0.29) is 23.4 Å². The van der Waals surface area contributed by atoms with E-state index in [9.17, 15) is 15.0 Å². The van der Waals surface area contributed by atoms with Crippen LogP contribution in [0.4, 0.5) is 5.69 Å². The molecule has 0 aliphatic carbocycles. The number of aromatic hydroxyl groups is 1. The molecule has 3 heterocycles. The molecule has 1 fully saturated rings. The zero-order valence-electron chi connectivity index (χ0n) is 19.2. The Morgan fingerprint density at radius 3 is 2.51 bits per heavy atom. The van der Waals surface area contributed by atoms with Crippen molar-refractivity contribution in [1.29, 1.82) is 0 Å². The first-order valence-corrected chi connectivity index (χ1v) is 11.6. The normalized spacial score (nSPS) is 17.4. The number of aromatic carboxylic acids is 1. The SMILES string of the molecule is Cc1cc(C2C(c3ccccn3)NC(=S)N2c2ccccc2O)c(C)n1-c1cccc(C(=O)O)c1. The highest BCUT2D eigenvalue weighted by Crippen LogP contribution is 2.45. The van der Waals surface area contributed by atoms with Crippen LogP contribution in [0.5, 0.6) is 5.75 Å². The number of nitrogens with one attached hydrogen (secondary N) is 1. The minimum Gasteiger partial charge on any atom is -0.506 e. The second-order valence-corrected chi connectivity index (χ2v) is 8.89. The Bertz CT molecular complexity index is 1430. The van der Waals surface area contributed by atoms with Gasteiger partial charge < -0.3 is 25.0 Å². The Morgan fingerprint density at radius 2 is 1.80 bits per heavy atom. The second kappa shape index (κ2) is 8.88. The first kappa shape index (κ1) is 22.6. The van der Waals surface area contributed by atoms with Gasteiger partial charge in [0, 0.05) is 23.3 Å². The molecular formula is C27H24N4O3S. The van der Waals surface area contributed by atoms with Gasteiger partial charge in [0.05, 0.1) is 29.0 Å². The van der Waals surface area contributed by atoms with Crippen LogP contribution in [0.25, 0.3) is 5.69 Å². The summed E-state index contributed by atoms with van der Waals surface area (Å²) < 4.78 is 2.04. The smallest absolute Gasteiger partial charge is 0.335 e. The number of carboxylic acid groups (broad SMARTS) is 1. The Labute approximate surface area is 208 Å². The molecule has 0 saturated carbocycles. The largest absolute Gasteiger partial charge is 0.506 e. The van der Waals surface area contributed by atoms with Crippen molar-refractivity contribution < 1.29 is 15.0 Å². The first-order chi connectivity index (χ1) is 16.9. The summed E-state index contributed by atoms with van der Waals surface area (Å²) in [7, 11) is 0. The van der Waals surface area contributed by atoms with Gasteiger partial charge in [-0.1, -0.05) is 24.3 Å². The van der Waals surface area contributed by atoms with Gasteiger partial charge in [-0.3, -0.25) is 4.98 Å². The van der Waals surface area contributed by atoms with Crippen molar-refractivity contribution in [2.75, 3.05) is 4.90 Å². The maximum atomic E-state index is 11.6. The zero-order chi connectivity index (χ0) is 24.7. The van der Waals surface area contributed by atoms with E-state index in [1.165, 1.54) is 0 Å². The van der Waals surface area contributed by atoms with Gasteiger partial charge in [-0.05, 0) is 80.2 Å². The Balaban J connectivity index is 1.69. The van der Waals surface area contributed by atoms with E-state index in [0.29, 0.717) is 10.8 Å². The molecule has 0 amide bonds. The second-order valence-electron chi connectivity index (χ2n) is 8.50. The Kier molecular flexibility index (Phi) is 5.74. The lowest BCUT2D eigenvalue weighted by atomic mass is 9.96. The van der Waals surface area contributed by atoms with E-state index in [2.05, 4.69) is 16.4 Å². The number of aromatic nitrogens is 2. The molecule has 8 heteroatoms. The fourth-order valence-corrected chi connectivity index (χ4v) is 5.20. The molecule has 0 radical (unpaired) electrons. The molecule has 3 N–H and O–H groups in total. The number of aryl methyl sites for hydroxylation is 1. The van der Waals surface area contributed by atoms with Crippen LogP contribution in [0.15, 0.2) is 79.0 Å². The molecule has 2 aromatic heterocycles. The Hall–Kier alpha value is -4.17. The van der Waals surface area contributed by atoms with Crippen LogP contribution >= 0.6 is 12.2 Å². The van der Waals surface area contributed by atoms with Gasteiger partial charge in [0.2, 0.25) is 0 Å². The van der Waals surface area contributed by atoms with Gasteiger partial charge in [-0.25, -0.2) is 4.79 Å². The van der Waals surface area contributed by atoms with Crippen LogP contribution in [-0.2, 0) is 0 Å². The molecule has 0 bridgehead atoms. The molecule has 1 aliphatic heterocycles. The van der Waals surface area contributed by atoms with Crippen molar-refractivity contribution in [2.24, 2.45) is 0 Å². The number of rotatable bonds is 5. The summed E-state index contributed by atoms with van der Waals surface area (Å²) in [6, 6.07) is 21.3. The highest BCUT2D eigenvalue weighted by Gasteiger charge is 2.43. The predicted molar refractivity (Wildman–Crippen MR) is 138 cm³/mol. The lowest BCUT2D eigenvalue weighted by molar-refractivity contribution is 0.0697. The summed E-state index contributed by atoms with van der Waals surface area (Å²) >= 11 is 5.76. The topological polar surface area (TPSA) is 90.6 Å². The monoisotopic (exact) mass is 484 g/mol. The molecule has 1 saturated heterocycles. The van der Waals surface area contributed by atoms with E-state index in [0.717, 1.165) is 28.3 Å². The van der Waals surface area contributed by atoms with E-state index in [1.807, 2.05) is 59.7 Å². The van der Waals surface area contributed by atoms with Crippen LogP contribution in [-0.4, -0.2) is 30.8 Å². The number of anilines is 1. The maximum absolute atomic E-state index is 11.6. The van der Waals surface area contributed by atoms with E-state index in [4.69, 9.17) is 12.2 Å². The van der Waals surface area contributed by atoms with Gasteiger partial charge in [-0.15, -0.1) is 0 Å². The number of phenolic OH excluding ortho intramolecular Hbond substituents is 1. The molecule has 7 nitrogen and oxygen atoms in total. The summed E-state index contributed by atoms with van der Waals surface area (Å²) in [5, 5.41) is 24.1. The number of thiocarbonyl (C=S) groups is 1. The fourth-order valence-electron chi connectivity index (χ4n) is 4.86. The number of para-hydroxylation sites is 2. The van der Waals surface area contributed by atoms with Gasteiger partial charge in [0.25, 0.3) is 0 Å². The Morgan fingerprint density at radius 1 is 1.03 bits per heavy atom. The number of nitrogens with zero attached hydrogens (tertiary/aromatic N) is 3. The van der Waals surface area contributed by atoms with Gasteiger partial charge in [0.15, 0.2) is 5.11 Å². The third-order valence-corrected chi connectivity index (χ3v) is 6.69. The number of hydrogen-bond donors (Lipinski definition) is 3. The maximum Gasteiger partial charge on any atom is 0.335 e. The van der Waals surface area contributed by atoms with Crippen molar-refractivity contribution in [3.05, 3.63) is 107 Å². The van der Waals surface area contributed by atoms with Crippen molar-refractivity contribution in [1.82, 2.24) is 14.9 Å². The number of pyridine rings is 1. The molecule has 176 valence electrons. The third-order valence-electron chi connectivity index (χ3n) is 6.38. The number of benzene rings is 2. The van der Waals surface area contributed by atoms with Crippen LogP contribution in [0, 0.1) is 13.8 Å². The minimum absolute atomic E-state index is 0.131. The first-order valence-electron chi connectivity index (χ1n) is 11.2. The molecule has 5 rings (SSSR count).